The Kier molecular flexibility index (Phi) is 3.50. The van der Waals surface area contributed by atoms with Gasteiger partial charge in [0, 0.05) is 25.2 Å². The number of nitrogens with one attached hydrogen (secondary N) is 2. The van der Waals surface area contributed by atoms with Gasteiger partial charge in [-0.25, -0.2) is 0 Å². The van der Waals surface area contributed by atoms with Gasteiger partial charge in [-0.3, -0.25) is 4.79 Å². The second-order valence-electron chi connectivity index (χ2n) is 5.10. The normalized spacial score (nSPS) is 24.5. The molecule has 5 nitrogen and oxygen atoms in total. The van der Waals surface area contributed by atoms with E-state index in [1.807, 2.05) is 12.1 Å². The maximum atomic E-state index is 11.3. The Morgan fingerprint density at radius 1 is 1.37 bits per heavy atom. The molecule has 0 aliphatic carbocycles. The number of hydrogen-bond donors (Lipinski definition) is 3. The van der Waals surface area contributed by atoms with E-state index in [-0.39, 0.29) is 18.1 Å². The zero-order chi connectivity index (χ0) is 13.2. The minimum Gasteiger partial charge on any atom is -0.374 e. The third kappa shape index (κ3) is 2.63. The highest BCUT2D eigenvalue weighted by atomic mass is 16.5. The molecule has 1 aromatic rings. The van der Waals surface area contributed by atoms with Gasteiger partial charge in [-0.15, -0.1) is 0 Å². The lowest BCUT2D eigenvalue weighted by atomic mass is 9.95. The predicted molar refractivity (Wildman–Crippen MR) is 72.9 cm³/mol. The summed E-state index contributed by atoms with van der Waals surface area (Å²) < 4.78 is 5.70. The highest BCUT2D eigenvalue weighted by Crippen LogP contribution is 2.27. The highest BCUT2D eigenvalue weighted by molar-refractivity contribution is 5.93. The number of ether oxygens (including phenoxy) is 1. The van der Waals surface area contributed by atoms with Crippen LogP contribution in [0.2, 0.25) is 0 Å². The van der Waals surface area contributed by atoms with Crippen molar-refractivity contribution in [1.82, 2.24) is 5.32 Å². The molecule has 2 heterocycles. The van der Waals surface area contributed by atoms with Crippen LogP contribution in [0.25, 0.3) is 0 Å². The molecule has 1 aromatic carbocycles. The first-order valence-electron chi connectivity index (χ1n) is 6.74. The SMILES string of the molecule is NC(c1ccc2c(c1)CCC(=O)N2)C1CNCCO1. The lowest BCUT2D eigenvalue weighted by Gasteiger charge is -2.29. The molecule has 0 bridgehead atoms. The monoisotopic (exact) mass is 261 g/mol. The van der Waals surface area contributed by atoms with Crippen LogP contribution in [0.15, 0.2) is 18.2 Å². The summed E-state index contributed by atoms with van der Waals surface area (Å²) in [5, 5.41) is 6.17. The van der Waals surface area contributed by atoms with Crippen molar-refractivity contribution in [2.75, 3.05) is 25.0 Å². The number of anilines is 1. The number of benzene rings is 1. The van der Waals surface area contributed by atoms with E-state index in [2.05, 4.69) is 16.7 Å². The van der Waals surface area contributed by atoms with Gasteiger partial charge in [-0.05, 0) is 23.6 Å². The fourth-order valence-corrected chi connectivity index (χ4v) is 2.64. The van der Waals surface area contributed by atoms with Crippen molar-refractivity contribution >= 4 is 11.6 Å². The molecule has 1 fully saturated rings. The summed E-state index contributed by atoms with van der Waals surface area (Å²) in [5.41, 5.74) is 9.43. The van der Waals surface area contributed by atoms with Crippen LogP contribution < -0.4 is 16.4 Å². The highest BCUT2D eigenvalue weighted by Gasteiger charge is 2.24. The Labute approximate surface area is 112 Å². The fraction of sp³-hybridized carbons (Fsp3) is 0.500. The van der Waals surface area contributed by atoms with Gasteiger partial charge < -0.3 is 21.1 Å². The molecule has 19 heavy (non-hydrogen) atoms. The number of carbonyl (C=O) groups is 1. The van der Waals surface area contributed by atoms with Crippen molar-refractivity contribution in [2.45, 2.75) is 25.0 Å². The van der Waals surface area contributed by atoms with E-state index in [0.29, 0.717) is 13.0 Å². The molecular formula is C14H19N3O2. The van der Waals surface area contributed by atoms with Crippen molar-refractivity contribution in [1.29, 1.82) is 0 Å². The van der Waals surface area contributed by atoms with Crippen LogP contribution in [-0.4, -0.2) is 31.7 Å². The maximum Gasteiger partial charge on any atom is 0.224 e. The lowest BCUT2D eigenvalue weighted by molar-refractivity contribution is -0.116. The number of amides is 1. The molecule has 0 radical (unpaired) electrons. The molecule has 0 saturated carbocycles. The van der Waals surface area contributed by atoms with Gasteiger partial charge in [0.25, 0.3) is 0 Å². The van der Waals surface area contributed by atoms with Gasteiger partial charge in [0.1, 0.15) is 0 Å². The lowest BCUT2D eigenvalue weighted by Crippen LogP contribution is -2.44. The Morgan fingerprint density at radius 3 is 3.05 bits per heavy atom. The molecule has 3 rings (SSSR count). The quantitative estimate of drug-likeness (QED) is 0.727. The minimum absolute atomic E-state index is 0.0185. The number of carbonyl (C=O) groups excluding carboxylic acids is 1. The van der Waals surface area contributed by atoms with E-state index >= 15 is 0 Å². The molecule has 2 aliphatic rings. The Hall–Kier alpha value is -1.43. The zero-order valence-electron chi connectivity index (χ0n) is 10.8. The smallest absolute Gasteiger partial charge is 0.224 e. The summed E-state index contributed by atoms with van der Waals surface area (Å²) in [6.07, 6.45) is 1.35. The standard InChI is InChI=1S/C14H19N3O2/c15-14(12-8-16-5-6-19-12)10-1-3-11-9(7-10)2-4-13(18)17-11/h1,3,7,12,14,16H,2,4-6,8,15H2,(H,17,18). The summed E-state index contributed by atoms with van der Waals surface area (Å²) in [6, 6.07) is 5.89. The van der Waals surface area contributed by atoms with Crippen LogP contribution in [0.3, 0.4) is 0 Å². The molecular weight excluding hydrogens is 242 g/mol. The molecule has 102 valence electrons. The van der Waals surface area contributed by atoms with Gasteiger partial charge in [-0.2, -0.15) is 0 Å². The molecule has 4 N–H and O–H groups in total. The van der Waals surface area contributed by atoms with Crippen molar-refractivity contribution < 1.29 is 9.53 Å². The number of hydrogen-bond acceptors (Lipinski definition) is 4. The summed E-state index contributed by atoms with van der Waals surface area (Å²) in [5.74, 6) is 0.0874. The van der Waals surface area contributed by atoms with Crippen molar-refractivity contribution in [3.8, 4) is 0 Å². The summed E-state index contributed by atoms with van der Waals surface area (Å²) >= 11 is 0. The first kappa shape index (κ1) is 12.6. The number of morpholine rings is 1. The topological polar surface area (TPSA) is 76.4 Å². The summed E-state index contributed by atoms with van der Waals surface area (Å²) in [4.78, 5) is 11.3. The van der Waals surface area contributed by atoms with Crippen LogP contribution in [0.1, 0.15) is 23.6 Å². The van der Waals surface area contributed by atoms with Gasteiger partial charge >= 0.3 is 0 Å². The van der Waals surface area contributed by atoms with E-state index in [1.54, 1.807) is 0 Å². The van der Waals surface area contributed by atoms with E-state index in [0.717, 1.165) is 36.3 Å². The maximum absolute atomic E-state index is 11.3. The van der Waals surface area contributed by atoms with Crippen LogP contribution in [0, 0.1) is 0 Å². The molecule has 2 aliphatic heterocycles. The number of nitrogens with two attached hydrogens (primary N) is 1. The fourth-order valence-electron chi connectivity index (χ4n) is 2.64. The minimum atomic E-state index is -0.129. The number of rotatable bonds is 2. The van der Waals surface area contributed by atoms with Gasteiger partial charge in [0.2, 0.25) is 5.91 Å². The number of aryl methyl sites for hydroxylation is 1. The molecule has 5 heteroatoms. The van der Waals surface area contributed by atoms with E-state index in [1.165, 1.54) is 0 Å². The second kappa shape index (κ2) is 5.28. The van der Waals surface area contributed by atoms with Crippen LogP contribution >= 0.6 is 0 Å². The van der Waals surface area contributed by atoms with Crippen molar-refractivity contribution in [3.63, 3.8) is 0 Å². The summed E-state index contributed by atoms with van der Waals surface area (Å²) in [7, 11) is 0. The third-order valence-electron chi connectivity index (χ3n) is 3.77. The summed E-state index contributed by atoms with van der Waals surface area (Å²) in [6.45, 7) is 2.38. The average Bonchev–Trinajstić information content (AvgIpc) is 2.47. The Morgan fingerprint density at radius 2 is 2.26 bits per heavy atom. The van der Waals surface area contributed by atoms with Gasteiger partial charge in [0.05, 0.1) is 18.8 Å². The zero-order valence-corrected chi connectivity index (χ0v) is 10.8. The number of fused-ring (bicyclic) bond motifs is 1. The van der Waals surface area contributed by atoms with E-state index in [4.69, 9.17) is 10.5 Å². The average molecular weight is 261 g/mol. The molecule has 1 amide bonds. The van der Waals surface area contributed by atoms with Gasteiger partial charge in [0.15, 0.2) is 0 Å². The third-order valence-corrected chi connectivity index (χ3v) is 3.77. The Balaban J connectivity index is 1.79. The van der Waals surface area contributed by atoms with E-state index < -0.39 is 0 Å². The molecule has 2 atom stereocenters. The second-order valence-corrected chi connectivity index (χ2v) is 5.10. The predicted octanol–water partition coefficient (Wildman–Crippen LogP) is 0.559. The van der Waals surface area contributed by atoms with Crippen molar-refractivity contribution in [2.24, 2.45) is 5.73 Å². The Bertz CT molecular complexity index is 484. The molecule has 2 unspecified atom stereocenters. The molecule has 1 saturated heterocycles. The van der Waals surface area contributed by atoms with Crippen molar-refractivity contribution in [3.05, 3.63) is 29.3 Å². The van der Waals surface area contributed by atoms with Crippen LogP contribution in [-0.2, 0) is 16.0 Å². The largest absolute Gasteiger partial charge is 0.374 e. The van der Waals surface area contributed by atoms with Gasteiger partial charge in [-0.1, -0.05) is 12.1 Å². The first-order valence-corrected chi connectivity index (χ1v) is 6.74. The van der Waals surface area contributed by atoms with E-state index in [9.17, 15) is 4.79 Å². The van der Waals surface area contributed by atoms with Crippen LogP contribution in [0.4, 0.5) is 5.69 Å². The first-order chi connectivity index (χ1) is 9.24. The molecule has 0 spiro atoms. The van der Waals surface area contributed by atoms with Crippen LogP contribution in [0.5, 0.6) is 0 Å². The molecule has 0 aromatic heterocycles.